The monoisotopic (exact) mass is 1380 g/mol. The first-order chi connectivity index (χ1) is 44.9. The minimum atomic E-state index is -4.82. The van der Waals surface area contributed by atoms with Gasteiger partial charge in [0, 0.05) is 68.2 Å². The number of fused-ring (bicyclic) bond motifs is 1. The molecular weight excluding hydrogens is 1280 g/mol. The van der Waals surface area contributed by atoms with E-state index in [1.807, 2.05) is 20.8 Å². The summed E-state index contributed by atoms with van der Waals surface area (Å²) in [6.45, 7) is 5.82. The molecule has 3 N–H and O–H groups in total. The summed E-state index contributed by atoms with van der Waals surface area (Å²) in [7, 11) is 9.82. The highest BCUT2D eigenvalue weighted by Crippen LogP contribution is 2.40. The van der Waals surface area contributed by atoms with Crippen LogP contribution < -0.4 is 16.0 Å². The van der Waals surface area contributed by atoms with Crippen LogP contribution >= 0.6 is 11.6 Å². The van der Waals surface area contributed by atoms with Crippen LogP contribution in [0.15, 0.2) is 18.2 Å². The van der Waals surface area contributed by atoms with Crippen LogP contribution in [0.25, 0.3) is 0 Å². The predicted octanol–water partition coefficient (Wildman–Crippen LogP) is 6.68. The normalized spacial score (nSPS) is 27.1. The Bertz CT molecular complexity index is 2980. The van der Waals surface area contributed by atoms with Gasteiger partial charge in [0.15, 0.2) is 0 Å². The van der Waals surface area contributed by atoms with Crippen molar-refractivity contribution in [1.29, 1.82) is 0 Å². The van der Waals surface area contributed by atoms with Gasteiger partial charge in [-0.15, -0.1) is 0 Å². The number of carbonyl (C=O) groups excluding carboxylic acids is 11. The number of nitrogens with zero attached hydrogens (tertiary/aromatic N) is 8. The molecule has 22 nitrogen and oxygen atoms in total. The third-order valence-electron chi connectivity index (χ3n) is 20.8. The molecule has 0 bridgehead atoms. The minimum Gasteiger partial charge on any atom is -0.343 e. The SMILES string of the molecule is CC[C@H](C)[C@@H]1NC(=O)[C@H](CC(C)C)N(C)C(=O)C[C@@H](C)N(C)C(=O)[C@H](C2CCCC2)N(C)C(=O)C2(CCCC2)NC(=O)C2CC(F)(F)CN2C(=O)[C@H](CCc2ccc(C(F)(F)F)c(Cl)c2)NC(=O)CN(C)C(=O)[C@H](CCC2CCCCC2)N(C)C(=O)CN(C)C(=O)CN(C)C1=O. The van der Waals surface area contributed by atoms with Crippen molar-refractivity contribution in [3.05, 3.63) is 34.3 Å². The fourth-order valence-corrected chi connectivity index (χ4v) is 14.7. The van der Waals surface area contributed by atoms with E-state index in [1.54, 1.807) is 13.8 Å². The number of nitrogens with one attached hydrogen (secondary N) is 3. The molecule has 0 radical (unpaired) electrons. The number of benzene rings is 1. The van der Waals surface area contributed by atoms with Gasteiger partial charge in [-0.2, -0.15) is 13.2 Å². The Labute approximate surface area is 567 Å². The maximum Gasteiger partial charge on any atom is 0.417 e. The molecule has 1 aromatic rings. The van der Waals surface area contributed by atoms with Crippen molar-refractivity contribution in [2.75, 3.05) is 75.5 Å². The average molecular weight is 1380 g/mol. The zero-order valence-corrected chi connectivity index (χ0v) is 58.9. The van der Waals surface area contributed by atoms with Gasteiger partial charge in [0.2, 0.25) is 65.0 Å². The van der Waals surface area contributed by atoms with Crippen molar-refractivity contribution in [3.8, 4) is 0 Å². The second-order valence-electron chi connectivity index (χ2n) is 28.5. The molecule has 3 saturated carbocycles. The maximum atomic E-state index is 16.0. The molecule has 3 aliphatic carbocycles. The Morgan fingerprint density at radius 3 is 1.82 bits per heavy atom. The first-order valence-electron chi connectivity index (χ1n) is 34.2. The summed E-state index contributed by atoms with van der Waals surface area (Å²) in [6, 6.07) is -6.23. The smallest absolute Gasteiger partial charge is 0.343 e. The van der Waals surface area contributed by atoms with Crippen molar-refractivity contribution in [3.63, 3.8) is 0 Å². The standard InChI is InChI=1S/C68H103ClF5N11O11/c1-13-42(4)57-63(94)80(8)38-55(88)78(6)39-56(89)82(10)50(30-27-44-21-15-14-16-22-44)62(93)79(7)37-53(86)75-49(29-26-45-25-28-47(48(69)35-45)68(72,73)74)61(92)85-40-67(70,71)36-52(85)60(91)77-66(31-19-20-32-66)65(96)84(12)58(46-23-17-18-24-46)64(95)81(9)43(5)34-54(87)83(11)51(33-41(2)3)59(90)76-57/h25,28,35,41-44,46,49-52,57-58H,13-24,26-27,29-34,36-40H2,1-12H3,(H,75,86)(H,76,90)(H,77,91)/t42-,43+,49-,50-,51-,52?,57-,58-/m0/s1. The Balaban J connectivity index is 1.40. The molecule has 1 unspecified atom stereocenters. The summed E-state index contributed by atoms with van der Waals surface area (Å²) in [6.07, 6.45) is 2.47. The van der Waals surface area contributed by atoms with Gasteiger partial charge in [-0.3, -0.25) is 52.7 Å². The predicted molar refractivity (Wildman–Crippen MR) is 349 cm³/mol. The molecule has 5 fully saturated rings. The molecule has 5 aliphatic rings. The number of hydrogen-bond acceptors (Lipinski definition) is 11. The van der Waals surface area contributed by atoms with Crippen LogP contribution in [-0.4, -0.2) is 233 Å². The summed E-state index contributed by atoms with van der Waals surface area (Å²) in [4.78, 5) is 170. The third-order valence-corrected chi connectivity index (χ3v) is 21.1. The molecule has 28 heteroatoms. The first kappa shape index (κ1) is 78.3. The highest BCUT2D eigenvalue weighted by Gasteiger charge is 2.55. The van der Waals surface area contributed by atoms with Gasteiger partial charge >= 0.3 is 6.18 Å². The molecule has 2 saturated heterocycles. The van der Waals surface area contributed by atoms with Crippen LogP contribution in [0.2, 0.25) is 5.02 Å². The molecule has 2 heterocycles. The zero-order valence-electron chi connectivity index (χ0n) is 58.1. The molecule has 2 aliphatic heterocycles. The summed E-state index contributed by atoms with van der Waals surface area (Å²) in [5.74, 6) is -12.7. The van der Waals surface area contributed by atoms with Gasteiger partial charge in [-0.25, -0.2) is 8.78 Å². The molecular formula is C68H103ClF5N11O11. The number of amides is 11. The Morgan fingerprint density at radius 1 is 0.635 bits per heavy atom. The van der Waals surface area contributed by atoms with E-state index in [0.717, 1.165) is 77.8 Å². The number of rotatable bonds is 11. The van der Waals surface area contributed by atoms with Crippen LogP contribution in [0, 0.1) is 23.7 Å². The van der Waals surface area contributed by atoms with Crippen LogP contribution in [0.1, 0.15) is 174 Å². The van der Waals surface area contributed by atoms with Crippen LogP contribution in [0.5, 0.6) is 0 Å². The molecule has 0 aromatic heterocycles. The van der Waals surface area contributed by atoms with Gasteiger partial charge < -0.3 is 55.1 Å². The van der Waals surface area contributed by atoms with Crippen molar-refractivity contribution in [2.45, 2.75) is 229 Å². The lowest BCUT2D eigenvalue weighted by molar-refractivity contribution is -0.153. The number of halogens is 6. The average Bonchev–Trinajstić information content (AvgIpc) is 1.56. The van der Waals surface area contributed by atoms with Crippen molar-refractivity contribution >= 4 is 76.6 Å². The number of aryl methyl sites for hydroxylation is 1. The van der Waals surface area contributed by atoms with Crippen molar-refractivity contribution in [1.82, 2.24) is 55.1 Å². The quantitative estimate of drug-likeness (QED) is 0.197. The fourth-order valence-electron chi connectivity index (χ4n) is 14.4. The van der Waals surface area contributed by atoms with E-state index < -0.39 is 180 Å². The minimum absolute atomic E-state index is 0.0361. The second-order valence-corrected chi connectivity index (χ2v) is 28.9. The fraction of sp³-hybridized carbons (Fsp3) is 0.750. The van der Waals surface area contributed by atoms with Gasteiger partial charge in [0.25, 0.3) is 5.92 Å². The molecule has 538 valence electrons. The number of likely N-dealkylation sites (N-methyl/N-ethyl adjacent to an activating group) is 7. The number of alkyl halides is 5. The van der Waals surface area contributed by atoms with E-state index in [0.29, 0.717) is 43.4 Å². The molecule has 6 rings (SSSR count). The number of hydrogen-bond donors (Lipinski definition) is 3. The molecule has 96 heavy (non-hydrogen) atoms. The summed E-state index contributed by atoms with van der Waals surface area (Å²) < 4.78 is 73.5. The summed E-state index contributed by atoms with van der Waals surface area (Å²) in [5, 5.41) is 7.55. The lowest BCUT2D eigenvalue weighted by atomic mass is 9.85. The Hall–Kier alpha value is -6.67. The Morgan fingerprint density at radius 2 is 1.23 bits per heavy atom. The molecule has 8 atom stereocenters. The second kappa shape index (κ2) is 33.7. The van der Waals surface area contributed by atoms with E-state index in [1.165, 1.54) is 68.9 Å². The van der Waals surface area contributed by atoms with Gasteiger partial charge in [0.05, 0.1) is 36.8 Å². The van der Waals surface area contributed by atoms with E-state index in [9.17, 15) is 51.5 Å². The molecule has 1 aromatic carbocycles. The largest absolute Gasteiger partial charge is 0.417 e. The molecule has 11 amide bonds. The van der Waals surface area contributed by atoms with E-state index in [4.69, 9.17) is 11.6 Å². The maximum absolute atomic E-state index is 16.0. The first-order valence-corrected chi connectivity index (χ1v) is 34.5. The highest BCUT2D eigenvalue weighted by atomic mass is 35.5. The zero-order chi connectivity index (χ0) is 71.5. The van der Waals surface area contributed by atoms with Crippen molar-refractivity contribution < 1.29 is 74.7 Å². The Kier molecular flexibility index (Phi) is 27.5. The van der Waals surface area contributed by atoms with E-state index >= 15 is 23.2 Å². The lowest BCUT2D eigenvalue weighted by Crippen LogP contribution is -2.64. The van der Waals surface area contributed by atoms with Gasteiger partial charge in [-0.05, 0) is 106 Å². The van der Waals surface area contributed by atoms with Crippen molar-refractivity contribution in [2.24, 2.45) is 23.7 Å². The van der Waals surface area contributed by atoms with Crippen LogP contribution in [-0.2, 0) is 65.3 Å². The van der Waals surface area contributed by atoms with Crippen LogP contribution in [0.3, 0.4) is 0 Å². The summed E-state index contributed by atoms with van der Waals surface area (Å²) in [5.41, 5.74) is -2.73. The third kappa shape index (κ3) is 19.8. The van der Waals surface area contributed by atoms with E-state index in [-0.39, 0.29) is 61.8 Å². The highest BCUT2D eigenvalue weighted by molar-refractivity contribution is 6.31. The van der Waals surface area contributed by atoms with Gasteiger partial charge in [0.1, 0.15) is 41.8 Å². The molecule has 1 spiro atoms. The van der Waals surface area contributed by atoms with Gasteiger partial charge in [-0.1, -0.05) is 110 Å². The number of carbonyl (C=O) groups is 11. The lowest BCUT2D eigenvalue weighted by Gasteiger charge is -2.41. The van der Waals surface area contributed by atoms with Crippen LogP contribution in [0.4, 0.5) is 22.0 Å². The summed E-state index contributed by atoms with van der Waals surface area (Å²) >= 11 is 6.09. The van der Waals surface area contributed by atoms with E-state index in [2.05, 4.69) is 16.0 Å². The topological polar surface area (TPSA) is 250 Å².